The second-order valence-corrected chi connectivity index (χ2v) is 11.1. The summed E-state index contributed by atoms with van der Waals surface area (Å²) in [5.41, 5.74) is 11.4. The van der Waals surface area contributed by atoms with Crippen LogP contribution in [0.4, 0.5) is 0 Å². The predicted molar refractivity (Wildman–Crippen MR) is 166 cm³/mol. The van der Waals surface area contributed by atoms with Gasteiger partial charge in [0.25, 0.3) is 0 Å². The Balaban J connectivity index is 5.29. The molecular weight excluding hydrogens is 578 g/mol. The van der Waals surface area contributed by atoms with E-state index in [0.717, 1.165) is 24.6 Å². The molecule has 0 heterocycles. The average Bonchev–Trinajstić information content (AvgIpc) is 2.95. The zero-order valence-electron chi connectivity index (χ0n) is 24.8. The van der Waals surface area contributed by atoms with Crippen LogP contribution < -0.4 is 11.5 Å². The Kier molecular flexibility index (Phi) is 22.4. The van der Waals surface area contributed by atoms with Gasteiger partial charge in [0.2, 0.25) is 11.8 Å². The number of hydrogen-bond acceptors (Lipinski definition) is 9. The molecule has 4 atom stereocenters. The van der Waals surface area contributed by atoms with Crippen LogP contribution in [0.3, 0.4) is 0 Å². The molecule has 0 aliphatic carbocycles. The smallest absolute Gasteiger partial charge is 0.323 e. The third kappa shape index (κ3) is 20.3. The van der Waals surface area contributed by atoms with Crippen LogP contribution >= 0.6 is 11.8 Å². The highest BCUT2D eigenvalue weighted by atomic mass is 32.2. The minimum Gasteiger partial charge on any atom is -0.481 e. The Hall–Kier alpha value is -3.26. The van der Waals surface area contributed by atoms with Crippen molar-refractivity contribution in [2.45, 2.75) is 94.6 Å². The first-order valence-electron chi connectivity index (χ1n) is 14.4. The highest BCUT2D eigenvalue weighted by Crippen LogP contribution is 2.22. The molecule has 13 heteroatoms. The van der Waals surface area contributed by atoms with Crippen molar-refractivity contribution < 1.29 is 44.4 Å². The number of hydrogen-bond donors (Lipinski definition) is 6. The lowest BCUT2D eigenvalue weighted by Gasteiger charge is -2.25. The van der Waals surface area contributed by atoms with Gasteiger partial charge in [-0.3, -0.25) is 28.9 Å². The van der Waals surface area contributed by atoms with E-state index in [-0.39, 0.29) is 31.4 Å². The first-order chi connectivity index (χ1) is 20.4. The van der Waals surface area contributed by atoms with Crippen LogP contribution in [0.2, 0.25) is 0 Å². The quantitative estimate of drug-likeness (QED) is 0.0518. The molecule has 0 aromatic carbocycles. The Morgan fingerprint density at radius 3 is 2.14 bits per heavy atom. The van der Waals surface area contributed by atoms with Gasteiger partial charge in [0, 0.05) is 23.8 Å². The lowest BCUT2D eigenvalue weighted by Crippen LogP contribution is -2.50. The summed E-state index contributed by atoms with van der Waals surface area (Å²) in [6.45, 7) is 1.21. The molecule has 0 spiro atoms. The molecule has 0 radical (unpaired) electrons. The predicted octanol–water partition coefficient (Wildman–Crippen LogP) is 2.86. The molecule has 0 saturated carbocycles. The summed E-state index contributed by atoms with van der Waals surface area (Å²) >= 11 is 1.10. The van der Waals surface area contributed by atoms with Gasteiger partial charge in [-0.2, -0.15) is 0 Å². The maximum Gasteiger partial charge on any atom is 0.323 e. The molecule has 12 nitrogen and oxygen atoms in total. The number of rotatable bonds is 24. The van der Waals surface area contributed by atoms with Crippen molar-refractivity contribution in [2.75, 3.05) is 12.3 Å². The molecule has 1 unspecified atom stereocenters. The fourth-order valence-electron chi connectivity index (χ4n) is 3.63. The summed E-state index contributed by atoms with van der Waals surface area (Å²) in [7, 11) is 0. The minimum absolute atomic E-state index is 0.0872. The number of carboxylic acids is 3. The lowest BCUT2D eigenvalue weighted by molar-refractivity contribution is -0.153. The zero-order chi connectivity index (χ0) is 32.6. The van der Waals surface area contributed by atoms with E-state index in [1.54, 1.807) is 18.2 Å². The summed E-state index contributed by atoms with van der Waals surface area (Å²) in [4.78, 5) is 58.9. The maximum absolute atomic E-state index is 12.9. The van der Waals surface area contributed by atoms with Gasteiger partial charge in [-0.15, -0.1) is 11.8 Å². The number of thioether (sulfide) groups is 1. The average molecular weight is 626 g/mol. The third-order valence-electron chi connectivity index (χ3n) is 6.09. The second kappa shape index (κ2) is 24.2. The van der Waals surface area contributed by atoms with Gasteiger partial charge in [0.15, 0.2) is 0 Å². The van der Waals surface area contributed by atoms with Crippen molar-refractivity contribution in [3.05, 3.63) is 48.6 Å². The van der Waals surface area contributed by atoms with Gasteiger partial charge in [0.1, 0.15) is 12.6 Å². The van der Waals surface area contributed by atoms with Crippen molar-refractivity contribution >= 4 is 41.5 Å². The highest BCUT2D eigenvalue weighted by molar-refractivity contribution is 8.00. The topological polar surface area (TPSA) is 222 Å². The Morgan fingerprint density at radius 2 is 1.51 bits per heavy atom. The molecule has 0 aliphatic rings. The van der Waals surface area contributed by atoms with Crippen molar-refractivity contribution in [1.82, 2.24) is 4.90 Å². The van der Waals surface area contributed by atoms with Gasteiger partial charge < -0.3 is 31.9 Å². The van der Waals surface area contributed by atoms with E-state index in [2.05, 4.69) is 19.1 Å². The van der Waals surface area contributed by atoms with Crippen molar-refractivity contribution in [3.63, 3.8) is 0 Å². The molecule has 0 saturated heterocycles. The molecule has 242 valence electrons. The molecule has 0 aliphatic heterocycles. The van der Waals surface area contributed by atoms with E-state index in [0.29, 0.717) is 4.90 Å². The number of carbonyl (C=O) groups excluding carboxylic acids is 2. The van der Waals surface area contributed by atoms with Crippen LogP contribution in [0.1, 0.15) is 71.1 Å². The van der Waals surface area contributed by atoms with Gasteiger partial charge in [0.05, 0.1) is 12.1 Å². The van der Waals surface area contributed by atoms with Crippen molar-refractivity contribution in [1.29, 1.82) is 0 Å². The monoisotopic (exact) mass is 625 g/mol. The molecule has 0 rings (SSSR count). The number of carboxylic acid groups (broad SMARTS) is 3. The number of aliphatic hydroxyl groups is 1. The summed E-state index contributed by atoms with van der Waals surface area (Å²) in [5, 5.41) is 37.1. The van der Waals surface area contributed by atoms with E-state index < -0.39 is 66.1 Å². The number of carbonyl (C=O) groups is 5. The number of nitrogens with zero attached hydrogens (tertiary/aromatic N) is 1. The van der Waals surface area contributed by atoms with Gasteiger partial charge >= 0.3 is 17.9 Å². The van der Waals surface area contributed by atoms with Crippen LogP contribution in [-0.2, 0) is 24.0 Å². The molecule has 0 fully saturated rings. The SMILES string of the molecule is CCCCCC=CC/C=C/C=C/C=C/C(SC[C@H](N)C(=O)N(CC(=O)O)C(=O)CC[C@H](N)C(=O)O)[C@@H](O)CCCC(=O)O. The summed E-state index contributed by atoms with van der Waals surface area (Å²) in [6.07, 6.45) is 19.2. The number of unbranched alkanes of at least 4 members (excludes halogenated alkanes) is 3. The van der Waals surface area contributed by atoms with E-state index in [1.165, 1.54) is 19.3 Å². The van der Waals surface area contributed by atoms with E-state index in [1.807, 2.05) is 18.2 Å². The number of aliphatic carboxylic acids is 3. The highest BCUT2D eigenvalue weighted by Gasteiger charge is 2.30. The van der Waals surface area contributed by atoms with Crippen molar-refractivity contribution in [3.8, 4) is 0 Å². The van der Waals surface area contributed by atoms with E-state index in [9.17, 15) is 34.2 Å². The number of imide groups is 1. The zero-order valence-corrected chi connectivity index (χ0v) is 25.6. The molecule has 0 bridgehead atoms. The fourth-order valence-corrected chi connectivity index (χ4v) is 4.77. The second-order valence-electron chi connectivity index (χ2n) is 9.85. The normalized spacial score (nSPS) is 14.8. The van der Waals surface area contributed by atoms with Crippen molar-refractivity contribution in [2.24, 2.45) is 11.5 Å². The fraction of sp³-hybridized carbons (Fsp3) is 0.567. The Labute approximate surface area is 257 Å². The largest absolute Gasteiger partial charge is 0.481 e. The van der Waals surface area contributed by atoms with Crippen LogP contribution in [0.5, 0.6) is 0 Å². The number of aliphatic hydroxyl groups excluding tert-OH is 1. The number of nitrogens with two attached hydrogens (primary N) is 2. The first-order valence-corrected chi connectivity index (χ1v) is 15.4. The molecule has 8 N–H and O–H groups in total. The Morgan fingerprint density at radius 1 is 0.814 bits per heavy atom. The molecular formula is C30H47N3O9S. The van der Waals surface area contributed by atoms with Gasteiger partial charge in [-0.1, -0.05) is 68.4 Å². The third-order valence-corrected chi connectivity index (χ3v) is 7.49. The molecule has 2 amide bonds. The lowest BCUT2D eigenvalue weighted by atomic mass is 10.1. The minimum atomic E-state index is -1.46. The molecule has 0 aromatic heterocycles. The van der Waals surface area contributed by atoms with Crippen LogP contribution in [0.15, 0.2) is 48.6 Å². The number of allylic oxidation sites excluding steroid dienone is 7. The van der Waals surface area contributed by atoms with Crippen LogP contribution in [0, 0.1) is 0 Å². The maximum atomic E-state index is 12.9. The van der Waals surface area contributed by atoms with Crippen LogP contribution in [0.25, 0.3) is 0 Å². The molecule has 43 heavy (non-hydrogen) atoms. The first kappa shape index (κ1) is 39.7. The number of amides is 2. The van der Waals surface area contributed by atoms with E-state index >= 15 is 0 Å². The Bertz CT molecular complexity index is 997. The van der Waals surface area contributed by atoms with Gasteiger partial charge in [-0.25, -0.2) is 0 Å². The van der Waals surface area contributed by atoms with Crippen LogP contribution in [-0.4, -0.2) is 90.8 Å². The standard InChI is InChI=1S/C30H47N3O9S/c1-2-3-4-5-6-7-8-9-10-11-12-13-16-25(24(34)15-14-17-27(36)37)43-21-23(32)29(40)33(20-28(38)39)26(35)19-18-22(31)30(41)42/h6-7,9-13,16,22-25,34H,2-5,8,14-15,17-21,31-32H2,1H3,(H,36,37)(H,38,39)(H,41,42)/b7-6?,10-9+,12-11+,16-13+/t22-,23-,24-,25?/m0/s1. The molecule has 0 aromatic rings. The summed E-state index contributed by atoms with van der Waals surface area (Å²) < 4.78 is 0. The summed E-state index contributed by atoms with van der Waals surface area (Å²) in [6, 6.07) is -2.66. The van der Waals surface area contributed by atoms with Gasteiger partial charge in [-0.05, 0) is 38.5 Å². The van der Waals surface area contributed by atoms with E-state index in [4.69, 9.17) is 21.7 Å². The summed E-state index contributed by atoms with van der Waals surface area (Å²) in [5.74, 6) is -5.75.